The van der Waals surface area contributed by atoms with Crippen molar-refractivity contribution in [2.45, 2.75) is 19.3 Å². The zero-order valence-corrected chi connectivity index (χ0v) is 10.7. The highest BCUT2D eigenvalue weighted by molar-refractivity contribution is 6.30. The van der Waals surface area contributed by atoms with Gasteiger partial charge in [-0.25, -0.2) is 9.37 Å². The maximum atomic E-state index is 13.5. The van der Waals surface area contributed by atoms with Crippen LogP contribution < -0.4 is 4.90 Å². The number of halogens is 3. The van der Waals surface area contributed by atoms with Crippen molar-refractivity contribution in [2.24, 2.45) is 0 Å². The Morgan fingerprint density at radius 3 is 2.75 bits per heavy atom. The second-order valence-corrected chi connectivity index (χ2v) is 4.44. The Labute approximate surface area is 105 Å². The van der Waals surface area contributed by atoms with Crippen LogP contribution in [0.2, 0.25) is 5.02 Å². The minimum Gasteiger partial charge on any atom is -0.357 e. The van der Waals surface area contributed by atoms with E-state index in [9.17, 15) is 4.39 Å². The molecule has 0 N–H and O–H groups in total. The fourth-order valence-electron chi connectivity index (χ4n) is 1.41. The molecule has 0 fully saturated rings. The third-order valence-electron chi connectivity index (χ3n) is 2.28. The van der Waals surface area contributed by atoms with Gasteiger partial charge in [-0.2, -0.15) is 0 Å². The Bertz CT molecular complexity index is 334. The molecule has 0 aliphatic rings. The van der Waals surface area contributed by atoms with E-state index < -0.39 is 0 Å². The Morgan fingerprint density at radius 1 is 1.38 bits per heavy atom. The molecule has 1 rings (SSSR count). The normalized spacial score (nSPS) is 10.5. The first-order valence-corrected chi connectivity index (χ1v) is 6.14. The predicted octanol–water partition coefficient (Wildman–Crippen LogP) is 3.72. The van der Waals surface area contributed by atoms with E-state index in [-0.39, 0.29) is 5.82 Å². The van der Waals surface area contributed by atoms with Crippen LogP contribution in [0.15, 0.2) is 12.3 Å². The molecule has 0 saturated heterocycles. The van der Waals surface area contributed by atoms with Gasteiger partial charge in [-0.3, -0.25) is 0 Å². The lowest BCUT2D eigenvalue weighted by Gasteiger charge is -2.18. The molecule has 0 aliphatic carbocycles. The van der Waals surface area contributed by atoms with Crippen molar-refractivity contribution in [1.29, 1.82) is 0 Å². The summed E-state index contributed by atoms with van der Waals surface area (Å²) in [5.74, 6) is 0.639. The maximum absolute atomic E-state index is 13.5. The number of alkyl halides is 1. The molecule has 1 heterocycles. The third kappa shape index (κ3) is 4.14. The van der Waals surface area contributed by atoms with Crippen LogP contribution in [-0.4, -0.2) is 24.5 Å². The molecular formula is C11H15Cl2FN2. The quantitative estimate of drug-likeness (QED) is 0.575. The summed E-state index contributed by atoms with van der Waals surface area (Å²) >= 11 is 11.2. The minimum atomic E-state index is -0.382. The number of anilines is 1. The van der Waals surface area contributed by atoms with Gasteiger partial charge in [0.15, 0.2) is 11.6 Å². The fourth-order valence-corrected chi connectivity index (χ4v) is 1.75. The molecule has 0 aliphatic heterocycles. The molecule has 1 aromatic heterocycles. The molecule has 0 atom stereocenters. The summed E-state index contributed by atoms with van der Waals surface area (Å²) < 4.78 is 13.5. The zero-order valence-electron chi connectivity index (χ0n) is 9.22. The fraction of sp³-hybridized carbons (Fsp3) is 0.545. The van der Waals surface area contributed by atoms with Crippen molar-refractivity contribution in [3.8, 4) is 0 Å². The van der Waals surface area contributed by atoms with E-state index >= 15 is 0 Å². The number of hydrogen-bond donors (Lipinski definition) is 0. The SMILES string of the molecule is CN(CCCCCCl)c1ncc(Cl)cc1F. The van der Waals surface area contributed by atoms with Crippen molar-refractivity contribution in [1.82, 2.24) is 4.98 Å². The molecule has 2 nitrogen and oxygen atoms in total. The lowest BCUT2D eigenvalue weighted by molar-refractivity contribution is 0.609. The number of rotatable bonds is 6. The maximum Gasteiger partial charge on any atom is 0.167 e. The number of aromatic nitrogens is 1. The van der Waals surface area contributed by atoms with E-state index in [4.69, 9.17) is 23.2 Å². The summed E-state index contributed by atoms with van der Waals surface area (Å²) in [6.07, 6.45) is 4.47. The monoisotopic (exact) mass is 264 g/mol. The van der Waals surface area contributed by atoms with Gasteiger partial charge < -0.3 is 4.90 Å². The first-order chi connectivity index (χ1) is 7.65. The van der Waals surface area contributed by atoms with E-state index in [2.05, 4.69) is 4.98 Å². The lowest BCUT2D eigenvalue weighted by Crippen LogP contribution is -2.21. The van der Waals surface area contributed by atoms with Crippen LogP contribution in [0.4, 0.5) is 10.2 Å². The van der Waals surface area contributed by atoms with E-state index in [0.717, 1.165) is 25.8 Å². The molecule has 0 unspecified atom stereocenters. The molecule has 90 valence electrons. The summed E-state index contributed by atoms with van der Waals surface area (Å²) in [4.78, 5) is 5.76. The summed E-state index contributed by atoms with van der Waals surface area (Å²) in [5, 5.41) is 0.316. The number of unbranched alkanes of at least 4 members (excludes halogenated alkanes) is 2. The van der Waals surface area contributed by atoms with Crippen LogP contribution in [0.1, 0.15) is 19.3 Å². The Kier molecular flexibility index (Phi) is 5.85. The third-order valence-corrected chi connectivity index (χ3v) is 2.75. The van der Waals surface area contributed by atoms with Crippen molar-refractivity contribution in [3.05, 3.63) is 23.1 Å². The summed E-state index contributed by atoms with van der Waals surface area (Å²) in [6.45, 7) is 0.766. The Hall–Kier alpha value is -0.540. The number of pyridine rings is 1. The van der Waals surface area contributed by atoms with E-state index in [1.54, 1.807) is 4.90 Å². The van der Waals surface area contributed by atoms with Crippen LogP contribution in [0.5, 0.6) is 0 Å². The second kappa shape index (κ2) is 6.92. The van der Waals surface area contributed by atoms with Crippen LogP contribution in [-0.2, 0) is 0 Å². The van der Waals surface area contributed by atoms with Crippen LogP contribution in [0.25, 0.3) is 0 Å². The molecule has 0 aromatic carbocycles. The van der Waals surface area contributed by atoms with Gasteiger partial charge in [0.1, 0.15) is 0 Å². The lowest BCUT2D eigenvalue weighted by atomic mass is 10.2. The van der Waals surface area contributed by atoms with Gasteiger partial charge in [-0.05, 0) is 18.9 Å². The summed E-state index contributed by atoms with van der Waals surface area (Å²) in [6, 6.07) is 1.28. The Balaban J connectivity index is 2.49. The number of hydrogen-bond acceptors (Lipinski definition) is 2. The zero-order chi connectivity index (χ0) is 12.0. The summed E-state index contributed by atoms with van der Waals surface area (Å²) in [7, 11) is 1.82. The molecule has 0 radical (unpaired) electrons. The molecule has 16 heavy (non-hydrogen) atoms. The average molecular weight is 265 g/mol. The molecule has 5 heteroatoms. The Morgan fingerprint density at radius 2 is 2.12 bits per heavy atom. The number of nitrogens with zero attached hydrogens (tertiary/aromatic N) is 2. The van der Waals surface area contributed by atoms with E-state index in [1.165, 1.54) is 12.3 Å². The van der Waals surface area contributed by atoms with Crippen molar-refractivity contribution in [3.63, 3.8) is 0 Å². The first-order valence-electron chi connectivity index (χ1n) is 5.23. The standard InChI is InChI=1S/C11H15Cl2FN2/c1-16(6-4-2-3-5-12)11-10(14)7-9(13)8-15-11/h7-8H,2-6H2,1H3. The highest BCUT2D eigenvalue weighted by atomic mass is 35.5. The van der Waals surface area contributed by atoms with Gasteiger partial charge >= 0.3 is 0 Å². The molecule has 0 saturated carbocycles. The van der Waals surface area contributed by atoms with E-state index in [1.807, 2.05) is 7.05 Å². The van der Waals surface area contributed by atoms with Crippen LogP contribution in [0, 0.1) is 5.82 Å². The summed E-state index contributed by atoms with van der Waals surface area (Å²) in [5.41, 5.74) is 0. The van der Waals surface area contributed by atoms with Gasteiger partial charge in [0.05, 0.1) is 5.02 Å². The van der Waals surface area contributed by atoms with E-state index in [0.29, 0.717) is 16.7 Å². The largest absolute Gasteiger partial charge is 0.357 e. The minimum absolute atomic E-state index is 0.316. The average Bonchev–Trinajstić information content (AvgIpc) is 2.24. The van der Waals surface area contributed by atoms with Gasteiger partial charge in [-0.15, -0.1) is 11.6 Å². The van der Waals surface area contributed by atoms with Crippen LogP contribution >= 0.6 is 23.2 Å². The second-order valence-electron chi connectivity index (χ2n) is 3.63. The van der Waals surface area contributed by atoms with Gasteiger partial charge in [0.2, 0.25) is 0 Å². The molecule has 0 amide bonds. The van der Waals surface area contributed by atoms with Gasteiger partial charge in [0, 0.05) is 25.7 Å². The highest BCUT2D eigenvalue weighted by Crippen LogP contribution is 2.18. The highest BCUT2D eigenvalue weighted by Gasteiger charge is 2.09. The van der Waals surface area contributed by atoms with Crippen LogP contribution in [0.3, 0.4) is 0 Å². The molecule has 0 spiro atoms. The smallest absolute Gasteiger partial charge is 0.167 e. The molecule has 0 bridgehead atoms. The topological polar surface area (TPSA) is 16.1 Å². The van der Waals surface area contributed by atoms with Crippen molar-refractivity contribution < 1.29 is 4.39 Å². The first kappa shape index (κ1) is 13.5. The van der Waals surface area contributed by atoms with Gasteiger partial charge in [-0.1, -0.05) is 18.0 Å². The molecular weight excluding hydrogens is 250 g/mol. The molecule has 1 aromatic rings. The van der Waals surface area contributed by atoms with Gasteiger partial charge in [0.25, 0.3) is 0 Å². The van der Waals surface area contributed by atoms with Crippen molar-refractivity contribution in [2.75, 3.05) is 24.4 Å². The van der Waals surface area contributed by atoms with Crippen molar-refractivity contribution >= 4 is 29.0 Å². The predicted molar refractivity (Wildman–Crippen MR) is 67.0 cm³/mol.